The van der Waals surface area contributed by atoms with Gasteiger partial charge in [0.05, 0.1) is 28.0 Å². The van der Waals surface area contributed by atoms with Crippen LogP contribution in [0.1, 0.15) is 36.4 Å². The predicted octanol–water partition coefficient (Wildman–Crippen LogP) is 4.91. The van der Waals surface area contributed by atoms with Gasteiger partial charge < -0.3 is 5.32 Å². The van der Waals surface area contributed by atoms with E-state index in [-0.39, 0.29) is 23.7 Å². The molecule has 0 radical (unpaired) electrons. The molecule has 3 aromatic rings. The van der Waals surface area contributed by atoms with Crippen LogP contribution in [0, 0.1) is 12.7 Å². The molecule has 1 amide bonds. The molecule has 27 heavy (non-hydrogen) atoms. The third-order valence-electron chi connectivity index (χ3n) is 5.15. The lowest BCUT2D eigenvalue weighted by molar-refractivity contribution is -0.121. The Bertz CT molecular complexity index is 953. The maximum absolute atomic E-state index is 14.1. The fourth-order valence-electron chi connectivity index (χ4n) is 3.66. The molecule has 2 unspecified atom stereocenters. The van der Waals surface area contributed by atoms with Crippen molar-refractivity contribution in [3.05, 3.63) is 58.9 Å². The van der Waals surface area contributed by atoms with Crippen LogP contribution in [0.3, 0.4) is 0 Å². The number of nitrogens with one attached hydrogen (secondary N) is 1. The first-order chi connectivity index (χ1) is 13.0. The number of aryl methyl sites for hydroxylation is 1. The molecule has 0 saturated carbocycles. The van der Waals surface area contributed by atoms with Gasteiger partial charge in [-0.3, -0.25) is 9.69 Å². The first kappa shape index (κ1) is 18.1. The summed E-state index contributed by atoms with van der Waals surface area (Å²) < 4.78 is 15.2. The summed E-state index contributed by atoms with van der Waals surface area (Å²) in [7, 11) is 0. The van der Waals surface area contributed by atoms with E-state index in [9.17, 15) is 9.18 Å². The summed E-state index contributed by atoms with van der Waals surface area (Å²) in [5.74, 6) is -0.592. The summed E-state index contributed by atoms with van der Waals surface area (Å²) in [5.41, 5.74) is 2.06. The van der Waals surface area contributed by atoms with Gasteiger partial charge in [0.2, 0.25) is 5.91 Å². The molecule has 1 fully saturated rings. The lowest BCUT2D eigenvalue weighted by atomic mass is 10.1. The van der Waals surface area contributed by atoms with Gasteiger partial charge in [0.15, 0.2) is 0 Å². The second-order valence-electron chi connectivity index (χ2n) is 7.06. The van der Waals surface area contributed by atoms with Crippen molar-refractivity contribution in [2.75, 3.05) is 11.9 Å². The summed E-state index contributed by atoms with van der Waals surface area (Å²) >= 11 is 1.69. The Morgan fingerprint density at radius 2 is 2.15 bits per heavy atom. The molecule has 140 valence electrons. The molecule has 0 bridgehead atoms. The van der Waals surface area contributed by atoms with Gasteiger partial charge in [-0.2, -0.15) is 0 Å². The maximum atomic E-state index is 14.1. The van der Waals surface area contributed by atoms with Crippen LogP contribution >= 0.6 is 11.3 Å². The quantitative estimate of drug-likeness (QED) is 0.696. The van der Waals surface area contributed by atoms with E-state index in [0.29, 0.717) is 0 Å². The van der Waals surface area contributed by atoms with Crippen LogP contribution in [0.2, 0.25) is 0 Å². The van der Waals surface area contributed by atoms with Crippen LogP contribution in [0.4, 0.5) is 10.1 Å². The highest BCUT2D eigenvalue weighted by Crippen LogP contribution is 2.37. The minimum absolute atomic E-state index is 0.131. The monoisotopic (exact) mass is 383 g/mol. The van der Waals surface area contributed by atoms with Crippen LogP contribution in [-0.4, -0.2) is 28.4 Å². The summed E-state index contributed by atoms with van der Waals surface area (Å²) in [6, 6.07) is 12.7. The Balaban J connectivity index is 1.53. The van der Waals surface area contributed by atoms with Crippen molar-refractivity contribution >= 4 is 33.1 Å². The molecule has 1 aromatic heterocycles. The number of thiazole rings is 1. The van der Waals surface area contributed by atoms with E-state index in [1.807, 2.05) is 32.0 Å². The Morgan fingerprint density at radius 3 is 2.93 bits per heavy atom. The van der Waals surface area contributed by atoms with Crippen LogP contribution in [0.25, 0.3) is 10.2 Å². The molecular formula is C21H22FN3OS. The zero-order valence-corrected chi connectivity index (χ0v) is 16.2. The van der Waals surface area contributed by atoms with Crippen molar-refractivity contribution in [1.82, 2.24) is 9.88 Å². The molecule has 1 saturated heterocycles. The van der Waals surface area contributed by atoms with E-state index < -0.39 is 5.82 Å². The molecule has 2 atom stereocenters. The molecule has 4 rings (SSSR count). The number of carbonyl (C=O) groups excluding carboxylic acids is 1. The third kappa shape index (κ3) is 3.59. The van der Waals surface area contributed by atoms with Crippen LogP contribution in [0.15, 0.2) is 42.5 Å². The number of para-hydroxylation sites is 1. The molecule has 0 spiro atoms. The summed E-state index contributed by atoms with van der Waals surface area (Å²) in [4.78, 5) is 19.7. The Kier molecular flexibility index (Phi) is 4.93. The average Bonchev–Trinajstić information content (AvgIpc) is 3.29. The molecule has 0 aliphatic carbocycles. The lowest BCUT2D eigenvalue weighted by Crippen LogP contribution is -2.41. The van der Waals surface area contributed by atoms with Crippen molar-refractivity contribution in [3.63, 3.8) is 0 Å². The molecule has 1 N–H and O–H groups in total. The second kappa shape index (κ2) is 7.37. The standard InChI is InChI=1S/C21H22FN3OS/c1-13-9-10-16(15(22)12-13)23-20(26)14(2)25-11-5-7-18(25)21-24-17-6-3-4-8-19(17)27-21/h3-4,6,8-10,12,14,18H,5,7,11H2,1-2H3,(H,23,26). The highest BCUT2D eigenvalue weighted by atomic mass is 32.1. The largest absolute Gasteiger partial charge is 0.322 e. The summed E-state index contributed by atoms with van der Waals surface area (Å²) in [5, 5.41) is 3.79. The van der Waals surface area contributed by atoms with Crippen LogP contribution < -0.4 is 5.32 Å². The number of aromatic nitrogens is 1. The number of carbonyl (C=O) groups is 1. The van der Waals surface area contributed by atoms with Gasteiger partial charge >= 0.3 is 0 Å². The van der Waals surface area contributed by atoms with Crippen molar-refractivity contribution in [3.8, 4) is 0 Å². The molecule has 4 nitrogen and oxygen atoms in total. The Morgan fingerprint density at radius 1 is 1.33 bits per heavy atom. The first-order valence-electron chi connectivity index (χ1n) is 9.21. The van der Waals surface area contributed by atoms with E-state index in [0.717, 1.165) is 40.2 Å². The number of nitrogens with zero attached hydrogens (tertiary/aromatic N) is 2. The minimum atomic E-state index is -0.403. The number of fused-ring (bicyclic) bond motifs is 1. The van der Waals surface area contributed by atoms with Gasteiger partial charge in [0, 0.05) is 0 Å². The number of anilines is 1. The molecule has 2 heterocycles. The highest BCUT2D eigenvalue weighted by molar-refractivity contribution is 7.18. The Hall–Kier alpha value is -2.31. The molecular weight excluding hydrogens is 361 g/mol. The first-order valence-corrected chi connectivity index (χ1v) is 10.0. The lowest BCUT2D eigenvalue weighted by Gasteiger charge is -2.28. The van der Waals surface area contributed by atoms with Gasteiger partial charge in [0.25, 0.3) is 0 Å². The number of hydrogen-bond donors (Lipinski definition) is 1. The third-order valence-corrected chi connectivity index (χ3v) is 6.29. The zero-order valence-electron chi connectivity index (χ0n) is 15.4. The molecule has 1 aliphatic rings. The van der Waals surface area contributed by atoms with Crippen molar-refractivity contribution in [2.24, 2.45) is 0 Å². The van der Waals surface area contributed by atoms with Gasteiger partial charge in [-0.15, -0.1) is 11.3 Å². The average molecular weight is 383 g/mol. The molecule has 6 heteroatoms. The number of hydrogen-bond acceptors (Lipinski definition) is 4. The molecule has 1 aliphatic heterocycles. The number of rotatable bonds is 4. The fraction of sp³-hybridized carbons (Fsp3) is 0.333. The van der Waals surface area contributed by atoms with Crippen LogP contribution in [0.5, 0.6) is 0 Å². The van der Waals surface area contributed by atoms with Crippen molar-refractivity contribution in [1.29, 1.82) is 0 Å². The smallest absolute Gasteiger partial charge is 0.241 e. The van der Waals surface area contributed by atoms with E-state index >= 15 is 0 Å². The van der Waals surface area contributed by atoms with E-state index in [1.165, 1.54) is 6.07 Å². The van der Waals surface area contributed by atoms with Gasteiger partial charge in [-0.1, -0.05) is 18.2 Å². The fourth-order valence-corrected chi connectivity index (χ4v) is 4.78. The van der Waals surface area contributed by atoms with E-state index in [2.05, 4.69) is 16.3 Å². The zero-order chi connectivity index (χ0) is 19.0. The number of halogens is 1. The van der Waals surface area contributed by atoms with Gasteiger partial charge in [0.1, 0.15) is 10.8 Å². The van der Waals surface area contributed by atoms with Gasteiger partial charge in [-0.25, -0.2) is 9.37 Å². The van der Waals surface area contributed by atoms with Crippen molar-refractivity contribution in [2.45, 2.75) is 38.8 Å². The Labute approximate surface area is 162 Å². The van der Waals surface area contributed by atoms with E-state index in [1.54, 1.807) is 23.5 Å². The number of amides is 1. The predicted molar refractivity (Wildman–Crippen MR) is 108 cm³/mol. The summed E-state index contributed by atoms with van der Waals surface area (Å²) in [6.07, 6.45) is 2.01. The second-order valence-corrected chi connectivity index (χ2v) is 8.13. The summed E-state index contributed by atoms with van der Waals surface area (Å²) in [6.45, 7) is 4.54. The van der Waals surface area contributed by atoms with Crippen LogP contribution in [-0.2, 0) is 4.79 Å². The number of benzene rings is 2. The number of likely N-dealkylation sites (tertiary alicyclic amines) is 1. The SMILES string of the molecule is Cc1ccc(NC(=O)C(C)N2CCCC2c2nc3ccccc3s2)c(F)c1. The minimum Gasteiger partial charge on any atom is -0.322 e. The topological polar surface area (TPSA) is 45.2 Å². The maximum Gasteiger partial charge on any atom is 0.241 e. The highest BCUT2D eigenvalue weighted by Gasteiger charge is 2.35. The molecule has 2 aromatic carbocycles. The normalized spacial score (nSPS) is 18.7. The van der Waals surface area contributed by atoms with Crippen molar-refractivity contribution < 1.29 is 9.18 Å². The van der Waals surface area contributed by atoms with E-state index in [4.69, 9.17) is 4.98 Å². The van der Waals surface area contributed by atoms with Gasteiger partial charge in [-0.05, 0) is 63.1 Å².